The van der Waals surface area contributed by atoms with E-state index in [4.69, 9.17) is 16.3 Å². The first-order valence-corrected chi connectivity index (χ1v) is 11.5. The molecule has 2 saturated heterocycles. The van der Waals surface area contributed by atoms with E-state index in [2.05, 4.69) is 10.00 Å². The average molecular weight is 527 g/mol. The third-order valence-corrected chi connectivity index (χ3v) is 6.83. The molecule has 0 bridgehead atoms. The highest BCUT2D eigenvalue weighted by Gasteiger charge is 2.38. The number of amides is 1. The van der Waals surface area contributed by atoms with Crippen LogP contribution in [0.2, 0.25) is 5.02 Å². The number of aromatic nitrogens is 2. The van der Waals surface area contributed by atoms with Gasteiger partial charge >= 0.3 is 6.18 Å². The monoisotopic (exact) mass is 526 g/mol. The maximum absolute atomic E-state index is 15.3. The number of halogens is 6. The largest absolute Gasteiger partial charge is 0.433 e. The van der Waals surface area contributed by atoms with Crippen LogP contribution < -0.4 is 0 Å². The first kappa shape index (κ1) is 24.7. The van der Waals surface area contributed by atoms with Crippen LogP contribution in [0.25, 0.3) is 11.1 Å². The third kappa shape index (κ3) is 4.58. The molecule has 2 aliphatic heterocycles. The molecule has 5 rings (SSSR count). The first-order chi connectivity index (χ1) is 17.1. The van der Waals surface area contributed by atoms with Crippen molar-refractivity contribution in [2.75, 3.05) is 32.8 Å². The molecule has 1 aromatic heterocycles. The van der Waals surface area contributed by atoms with Crippen molar-refractivity contribution in [3.63, 3.8) is 0 Å². The SMILES string of the molecule is O=C(c1cccc(-c2cn[nH]c2C(F)(F)F)c1F)N1CCN2C[C@@H](c3ccc(F)c(Cl)c3)OC[C@@H]2C1. The van der Waals surface area contributed by atoms with Crippen molar-refractivity contribution < 1.29 is 31.5 Å². The van der Waals surface area contributed by atoms with E-state index in [9.17, 15) is 22.4 Å². The molecular weight excluding hydrogens is 507 g/mol. The number of nitrogens with zero attached hydrogens (tertiary/aromatic N) is 3. The molecule has 0 unspecified atom stereocenters. The van der Waals surface area contributed by atoms with Crippen molar-refractivity contribution in [2.24, 2.45) is 0 Å². The van der Waals surface area contributed by atoms with Crippen LogP contribution in [0.3, 0.4) is 0 Å². The number of carbonyl (C=O) groups excluding carboxylic acids is 1. The Balaban J connectivity index is 1.31. The molecule has 3 aromatic rings. The van der Waals surface area contributed by atoms with Gasteiger partial charge in [0.05, 0.1) is 35.5 Å². The quantitative estimate of drug-likeness (QED) is 0.492. The second-order valence-electron chi connectivity index (χ2n) is 8.72. The summed E-state index contributed by atoms with van der Waals surface area (Å²) in [5.41, 5.74) is -1.58. The number of aromatic amines is 1. The minimum absolute atomic E-state index is 0.00988. The number of fused-ring (bicyclic) bond motifs is 1. The third-order valence-electron chi connectivity index (χ3n) is 6.54. The van der Waals surface area contributed by atoms with Gasteiger partial charge in [-0.15, -0.1) is 0 Å². The molecule has 3 heterocycles. The summed E-state index contributed by atoms with van der Waals surface area (Å²) < 4.78 is 74.6. The van der Waals surface area contributed by atoms with Gasteiger partial charge in [0.1, 0.15) is 17.3 Å². The molecule has 190 valence electrons. The Kier molecular flexibility index (Phi) is 6.48. The standard InChI is InChI=1S/C24H20ClF5N4O2/c25-18-8-13(4-5-19(18)26)20-11-33-6-7-34(10-14(33)12-36-20)23(35)16-3-1-2-15(21(16)27)17-9-31-32-22(17)24(28,29)30/h1-5,8-9,14,20H,6-7,10-12H2,(H,31,32)/t14-,20-/m0/s1. The molecule has 2 fully saturated rings. The number of morpholine rings is 1. The average Bonchev–Trinajstić information content (AvgIpc) is 3.35. The summed E-state index contributed by atoms with van der Waals surface area (Å²) in [5, 5.41) is 5.26. The number of piperazine rings is 1. The minimum atomic E-state index is -4.76. The fraction of sp³-hybridized carbons (Fsp3) is 0.333. The molecule has 2 aromatic carbocycles. The predicted octanol–water partition coefficient (Wildman–Crippen LogP) is 4.93. The van der Waals surface area contributed by atoms with E-state index in [1.54, 1.807) is 6.07 Å². The summed E-state index contributed by atoms with van der Waals surface area (Å²) in [6.45, 7) is 1.86. The van der Waals surface area contributed by atoms with E-state index >= 15 is 4.39 Å². The molecule has 1 amide bonds. The lowest BCUT2D eigenvalue weighted by atomic mass is 10.0. The second-order valence-corrected chi connectivity index (χ2v) is 9.13. The first-order valence-electron chi connectivity index (χ1n) is 11.1. The molecule has 1 N–H and O–H groups in total. The van der Waals surface area contributed by atoms with Gasteiger partial charge < -0.3 is 9.64 Å². The Hall–Kier alpha value is -3.02. The Morgan fingerprint density at radius 2 is 1.92 bits per heavy atom. The van der Waals surface area contributed by atoms with Gasteiger partial charge in [-0.05, 0) is 23.8 Å². The molecule has 0 spiro atoms. The molecule has 2 aliphatic rings. The molecular formula is C24H20ClF5N4O2. The molecule has 0 aliphatic carbocycles. The van der Waals surface area contributed by atoms with Crippen LogP contribution in [0.5, 0.6) is 0 Å². The lowest BCUT2D eigenvalue weighted by Gasteiger charge is -2.46. The van der Waals surface area contributed by atoms with Crippen molar-refractivity contribution >= 4 is 17.5 Å². The Labute approximate surface area is 207 Å². The summed E-state index contributed by atoms with van der Waals surface area (Å²) in [6.07, 6.45) is -4.18. The normalized spacial score (nSPS) is 20.9. The summed E-state index contributed by atoms with van der Waals surface area (Å²) in [7, 11) is 0. The Morgan fingerprint density at radius 1 is 1.11 bits per heavy atom. The lowest BCUT2D eigenvalue weighted by molar-refractivity contribution is -0.140. The molecule has 0 saturated carbocycles. The topological polar surface area (TPSA) is 61.5 Å². The summed E-state index contributed by atoms with van der Waals surface area (Å²) in [5.74, 6) is -2.16. The van der Waals surface area contributed by atoms with E-state index in [-0.39, 0.29) is 41.4 Å². The van der Waals surface area contributed by atoms with Gasteiger partial charge in [-0.3, -0.25) is 14.8 Å². The number of rotatable bonds is 3. The van der Waals surface area contributed by atoms with Gasteiger partial charge in [-0.1, -0.05) is 29.8 Å². The van der Waals surface area contributed by atoms with Crippen molar-refractivity contribution in [2.45, 2.75) is 18.3 Å². The molecule has 6 nitrogen and oxygen atoms in total. The number of ether oxygens (including phenoxy) is 1. The number of alkyl halides is 3. The highest BCUT2D eigenvalue weighted by Crippen LogP contribution is 2.37. The fourth-order valence-electron chi connectivity index (χ4n) is 4.66. The molecule has 2 atom stereocenters. The zero-order valence-corrected chi connectivity index (χ0v) is 19.4. The van der Waals surface area contributed by atoms with Gasteiger partial charge in [0, 0.05) is 37.3 Å². The molecule has 12 heteroatoms. The number of carbonyl (C=O) groups is 1. The van der Waals surface area contributed by atoms with Gasteiger partial charge in [-0.25, -0.2) is 8.78 Å². The van der Waals surface area contributed by atoms with E-state index in [1.165, 1.54) is 35.2 Å². The summed E-state index contributed by atoms with van der Waals surface area (Å²) >= 11 is 5.89. The van der Waals surface area contributed by atoms with Crippen LogP contribution in [0.1, 0.15) is 27.7 Å². The predicted molar refractivity (Wildman–Crippen MR) is 120 cm³/mol. The minimum Gasteiger partial charge on any atom is -0.370 e. The van der Waals surface area contributed by atoms with Crippen LogP contribution in [0, 0.1) is 11.6 Å². The Morgan fingerprint density at radius 3 is 2.67 bits per heavy atom. The number of hydrogen-bond acceptors (Lipinski definition) is 4. The smallest absolute Gasteiger partial charge is 0.370 e. The lowest BCUT2D eigenvalue weighted by Crippen LogP contribution is -2.59. The second kappa shape index (κ2) is 9.45. The van der Waals surface area contributed by atoms with E-state index in [0.29, 0.717) is 19.6 Å². The van der Waals surface area contributed by atoms with Crippen molar-refractivity contribution in [1.82, 2.24) is 20.0 Å². The van der Waals surface area contributed by atoms with Crippen LogP contribution in [0.15, 0.2) is 42.6 Å². The van der Waals surface area contributed by atoms with Gasteiger partial charge in [0.25, 0.3) is 5.91 Å². The van der Waals surface area contributed by atoms with Crippen LogP contribution in [0.4, 0.5) is 22.0 Å². The van der Waals surface area contributed by atoms with Crippen LogP contribution in [-0.2, 0) is 10.9 Å². The highest BCUT2D eigenvalue weighted by atomic mass is 35.5. The van der Waals surface area contributed by atoms with E-state index < -0.39 is 35.0 Å². The zero-order valence-electron chi connectivity index (χ0n) is 18.7. The van der Waals surface area contributed by atoms with Crippen LogP contribution in [-0.4, -0.2) is 64.7 Å². The van der Waals surface area contributed by atoms with Gasteiger partial charge in [0.15, 0.2) is 0 Å². The van der Waals surface area contributed by atoms with E-state index in [0.717, 1.165) is 11.8 Å². The number of hydrogen-bond donors (Lipinski definition) is 1. The summed E-state index contributed by atoms with van der Waals surface area (Å²) in [6, 6.07) is 8.07. The number of nitrogens with one attached hydrogen (secondary N) is 1. The fourth-order valence-corrected chi connectivity index (χ4v) is 4.85. The van der Waals surface area contributed by atoms with E-state index in [1.807, 2.05) is 5.10 Å². The highest BCUT2D eigenvalue weighted by molar-refractivity contribution is 6.30. The van der Waals surface area contributed by atoms with Crippen molar-refractivity contribution in [1.29, 1.82) is 0 Å². The summed E-state index contributed by atoms with van der Waals surface area (Å²) in [4.78, 5) is 16.8. The van der Waals surface area contributed by atoms with Crippen LogP contribution >= 0.6 is 11.6 Å². The molecule has 0 radical (unpaired) electrons. The van der Waals surface area contributed by atoms with Crippen molar-refractivity contribution in [3.8, 4) is 11.1 Å². The van der Waals surface area contributed by atoms with Crippen molar-refractivity contribution in [3.05, 3.63) is 76.1 Å². The number of benzene rings is 2. The molecule has 36 heavy (non-hydrogen) atoms. The maximum Gasteiger partial charge on any atom is 0.433 e. The Bertz CT molecular complexity index is 1300. The van der Waals surface area contributed by atoms with Gasteiger partial charge in [-0.2, -0.15) is 18.3 Å². The zero-order chi connectivity index (χ0) is 25.6. The maximum atomic E-state index is 15.3. The van der Waals surface area contributed by atoms with Gasteiger partial charge in [0.2, 0.25) is 0 Å². The number of H-pyrrole nitrogens is 1.